The molecule has 0 aliphatic heterocycles. The second kappa shape index (κ2) is 7.92. The number of hydrogen-bond donors (Lipinski definition) is 0. The molecule has 0 fully saturated rings. The van der Waals surface area contributed by atoms with E-state index < -0.39 is 4.92 Å². The lowest BCUT2D eigenvalue weighted by atomic mass is 10.2. The first-order valence-corrected chi connectivity index (χ1v) is 9.52. The topological polar surface area (TPSA) is 96.0 Å². The molecule has 0 bridgehead atoms. The van der Waals surface area contributed by atoms with Crippen molar-refractivity contribution in [3.05, 3.63) is 58.6 Å². The van der Waals surface area contributed by atoms with Gasteiger partial charge >= 0.3 is 0 Å². The van der Waals surface area contributed by atoms with Gasteiger partial charge in [-0.15, -0.1) is 0 Å². The molecule has 8 heteroatoms. The molecule has 0 saturated heterocycles. The number of hydrogen-bond acceptors (Lipinski definition) is 6. The van der Waals surface area contributed by atoms with E-state index in [-0.39, 0.29) is 11.8 Å². The van der Waals surface area contributed by atoms with Crippen LogP contribution < -0.4 is 0 Å². The normalized spacial score (nSPS) is 11.6. The number of nitro groups is 1. The van der Waals surface area contributed by atoms with Crippen molar-refractivity contribution in [2.75, 3.05) is 6.61 Å². The highest BCUT2D eigenvalue weighted by Gasteiger charge is 2.17. The summed E-state index contributed by atoms with van der Waals surface area (Å²) in [6.07, 6.45) is 0.963. The zero-order valence-corrected chi connectivity index (χ0v) is 16.3. The van der Waals surface area contributed by atoms with Gasteiger partial charge in [0.2, 0.25) is 0 Å². The Morgan fingerprint density at radius 2 is 1.72 bits per heavy atom. The van der Waals surface area contributed by atoms with E-state index in [4.69, 9.17) is 14.7 Å². The van der Waals surface area contributed by atoms with Gasteiger partial charge in [-0.3, -0.25) is 10.1 Å². The van der Waals surface area contributed by atoms with E-state index in [1.807, 2.05) is 42.7 Å². The van der Waals surface area contributed by atoms with Crippen LogP contribution in [0.5, 0.6) is 0 Å². The molecule has 4 aromatic rings. The van der Waals surface area contributed by atoms with Gasteiger partial charge in [-0.05, 0) is 44.5 Å². The Labute approximate surface area is 167 Å². The van der Waals surface area contributed by atoms with Gasteiger partial charge in [0.25, 0.3) is 5.69 Å². The Morgan fingerprint density at radius 1 is 1.03 bits per heavy atom. The lowest BCUT2D eigenvalue weighted by Gasteiger charge is -2.11. The largest absolute Gasteiger partial charge is 0.379 e. The average Bonchev–Trinajstić information content (AvgIpc) is 3.06. The number of rotatable bonds is 7. The minimum Gasteiger partial charge on any atom is -0.379 e. The minimum absolute atomic E-state index is 0.0451. The Hall–Kier alpha value is -3.39. The molecule has 148 valence electrons. The standard InChI is InChI=1S/C21H21N5O3/c1-14(2)29-13-5-12-25-20(15-8-10-16(11-9-15)26(27)28)24-19-21(25)23-18-7-4-3-6-17(18)22-19/h3-4,6-11,14H,5,12-13H2,1-2H3. The summed E-state index contributed by atoms with van der Waals surface area (Å²) in [4.78, 5) is 24.7. The number of imidazole rings is 1. The number of ether oxygens (including phenoxy) is 1. The molecule has 2 aromatic carbocycles. The lowest BCUT2D eigenvalue weighted by molar-refractivity contribution is -0.384. The summed E-state index contributed by atoms with van der Waals surface area (Å²) in [5, 5.41) is 11.0. The van der Waals surface area contributed by atoms with Crippen molar-refractivity contribution in [2.45, 2.75) is 32.9 Å². The first kappa shape index (κ1) is 18.9. The third kappa shape index (κ3) is 3.93. The average molecular weight is 391 g/mol. The molecule has 0 atom stereocenters. The van der Waals surface area contributed by atoms with Crippen molar-refractivity contribution < 1.29 is 9.66 Å². The van der Waals surface area contributed by atoms with Gasteiger partial charge in [-0.1, -0.05) is 12.1 Å². The van der Waals surface area contributed by atoms with Crippen LogP contribution in [0.15, 0.2) is 48.5 Å². The lowest BCUT2D eigenvalue weighted by Crippen LogP contribution is -2.08. The number of fused-ring (bicyclic) bond motifs is 2. The van der Waals surface area contributed by atoms with Gasteiger partial charge in [-0.2, -0.15) is 0 Å². The van der Waals surface area contributed by atoms with Gasteiger partial charge in [0.05, 0.1) is 22.1 Å². The highest BCUT2D eigenvalue weighted by atomic mass is 16.6. The molecule has 0 amide bonds. The molecule has 2 aromatic heterocycles. The quantitative estimate of drug-likeness (QED) is 0.264. The summed E-state index contributed by atoms with van der Waals surface area (Å²) >= 11 is 0. The number of nitro benzene ring substituents is 1. The van der Waals surface area contributed by atoms with Crippen LogP contribution in [-0.2, 0) is 11.3 Å². The second-order valence-electron chi connectivity index (χ2n) is 7.02. The van der Waals surface area contributed by atoms with E-state index in [2.05, 4.69) is 4.98 Å². The first-order chi connectivity index (χ1) is 14.0. The number of benzene rings is 2. The number of aryl methyl sites for hydroxylation is 1. The summed E-state index contributed by atoms with van der Waals surface area (Å²) in [6, 6.07) is 14.1. The molecule has 8 nitrogen and oxygen atoms in total. The Morgan fingerprint density at radius 3 is 2.38 bits per heavy atom. The molecule has 29 heavy (non-hydrogen) atoms. The van der Waals surface area contributed by atoms with Crippen LogP contribution in [0.25, 0.3) is 33.7 Å². The number of non-ortho nitro benzene ring substituents is 1. The molecule has 0 aliphatic rings. The van der Waals surface area contributed by atoms with Crippen LogP contribution >= 0.6 is 0 Å². The van der Waals surface area contributed by atoms with Crippen molar-refractivity contribution in [3.63, 3.8) is 0 Å². The maximum atomic E-state index is 11.0. The third-order valence-electron chi connectivity index (χ3n) is 4.57. The summed E-state index contributed by atoms with van der Waals surface area (Å²) in [6.45, 7) is 5.29. The van der Waals surface area contributed by atoms with Crippen LogP contribution in [0.4, 0.5) is 5.69 Å². The fraction of sp³-hybridized carbons (Fsp3) is 0.286. The van der Waals surface area contributed by atoms with Crippen molar-refractivity contribution >= 4 is 28.0 Å². The minimum atomic E-state index is -0.411. The zero-order valence-electron chi connectivity index (χ0n) is 16.3. The summed E-state index contributed by atoms with van der Waals surface area (Å²) in [5.74, 6) is 0.690. The zero-order chi connectivity index (χ0) is 20.4. The van der Waals surface area contributed by atoms with Gasteiger partial charge in [-0.25, -0.2) is 15.0 Å². The van der Waals surface area contributed by atoms with Crippen molar-refractivity contribution in [1.29, 1.82) is 0 Å². The summed E-state index contributed by atoms with van der Waals surface area (Å²) in [5.41, 5.74) is 3.66. The maximum Gasteiger partial charge on any atom is 0.269 e. The smallest absolute Gasteiger partial charge is 0.269 e. The van der Waals surface area contributed by atoms with E-state index in [1.54, 1.807) is 12.1 Å². The van der Waals surface area contributed by atoms with Gasteiger partial charge in [0.1, 0.15) is 5.82 Å². The predicted octanol–water partition coefficient (Wildman–Crippen LogP) is 4.37. The summed E-state index contributed by atoms with van der Waals surface area (Å²) in [7, 11) is 0. The van der Waals surface area contributed by atoms with Gasteiger partial charge in [0.15, 0.2) is 11.3 Å². The maximum absolute atomic E-state index is 11.0. The molecule has 0 N–H and O–H groups in total. The molecular weight excluding hydrogens is 370 g/mol. The number of nitrogens with zero attached hydrogens (tertiary/aromatic N) is 5. The predicted molar refractivity (Wildman–Crippen MR) is 111 cm³/mol. The van der Waals surface area contributed by atoms with E-state index in [0.29, 0.717) is 30.3 Å². The van der Waals surface area contributed by atoms with Crippen LogP contribution in [0.1, 0.15) is 20.3 Å². The molecule has 2 heterocycles. The molecule has 0 radical (unpaired) electrons. The van der Waals surface area contributed by atoms with Crippen molar-refractivity contribution in [1.82, 2.24) is 19.5 Å². The van der Waals surface area contributed by atoms with E-state index >= 15 is 0 Å². The highest BCUT2D eigenvalue weighted by Crippen LogP contribution is 2.26. The second-order valence-corrected chi connectivity index (χ2v) is 7.02. The van der Waals surface area contributed by atoms with Gasteiger partial charge < -0.3 is 9.30 Å². The summed E-state index contributed by atoms with van der Waals surface area (Å²) < 4.78 is 7.68. The highest BCUT2D eigenvalue weighted by molar-refractivity contribution is 5.84. The molecule has 0 saturated carbocycles. The van der Waals surface area contributed by atoms with Crippen LogP contribution in [0.2, 0.25) is 0 Å². The fourth-order valence-corrected chi connectivity index (χ4v) is 3.20. The van der Waals surface area contributed by atoms with E-state index in [1.165, 1.54) is 12.1 Å². The SMILES string of the molecule is CC(C)OCCCn1c(-c2ccc([N+](=O)[O-])cc2)nc2nc3ccccc3nc21. The van der Waals surface area contributed by atoms with Crippen molar-refractivity contribution in [3.8, 4) is 11.4 Å². The fourth-order valence-electron chi connectivity index (χ4n) is 3.20. The van der Waals surface area contributed by atoms with Gasteiger partial charge in [0, 0.05) is 30.8 Å². The molecular formula is C21H21N5O3. The van der Waals surface area contributed by atoms with Crippen LogP contribution in [0, 0.1) is 10.1 Å². The molecule has 0 aliphatic carbocycles. The van der Waals surface area contributed by atoms with E-state index in [9.17, 15) is 10.1 Å². The van der Waals surface area contributed by atoms with E-state index in [0.717, 1.165) is 23.0 Å². The van der Waals surface area contributed by atoms with Crippen molar-refractivity contribution in [2.24, 2.45) is 0 Å². The van der Waals surface area contributed by atoms with Crippen LogP contribution in [0.3, 0.4) is 0 Å². The molecule has 0 spiro atoms. The third-order valence-corrected chi connectivity index (χ3v) is 4.57. The first-order valence-electron chi connectivity index (χ1n) is 9.52. The number of aromatic nitrogens is 4. The Kier molecular flexibility index (Phi) is 5.18. The van der Waals surface area contributed by atoms with Crippen LogP contribution in [-0.4, -0.2) is 37.2 Å². The molecule has 4 rings (SSSR count). The monoisotopic (exact) mass is 391 g/mol. The molecule has 0 unspecified atom stereocenters. The number of para-hydroxylation sites is 2. The Bertz CT molecular complexity index is 1170. The Balaban J connectivity index is 1.79.